The lowest BCUT2D eigenvalue weighted by atomic mass is 10.1. The van der Waals surface area contributed by atoms with Crippen LogP contribution >= 0.6 is 0 Å². The summed E-state index contributed by atoms with van der Waals surface area (Å²) in [6, 6.07) is 14.3. The first-order chi connectivity index (χ1) is 9.75. The van der Waals surface area contributed by atoms with Crippen molar-refractivity contribution in [3.05, 3.63) is 59.7 Å². The number of anilines is 1. The largest absolute Gasteiger partial charge is 0.487 e. The van der Waals surface area contributed by atoms with E-state index in [-0.39, 0.29) is 5.56 Å². The summed E-state index contributed by atoms with van der Waals surface area (Å²) in [5.41, 5.74) is 5.12. The van der Waals surface area contributed by atoms with Gasteiger partial charge in [-0.15, -0.1) is 0 Å². The fraction of sp³-hybridized carbons (Fsp3) is 0.0667. The van der Waals surface area contributed by atoms with Gasteiger partial charge < -0.3 is 9.84 Å². The number of hydrogen-bond acceptors (Lipinski definition) is 4. The van der Waals surface area contributed by atoms with Gasteiger partial charge in [0.05, 0.1) is 11.3 Å². The average molecular weight is 268 g/mol. The Kier molecular flexibility index (Phi) is 3.09. The quantitative estimate of drug-likeness (QED) is 0.839. The van der Waals surface area contributed by atoms with Crippen molar-refractivity contribution >= 4 is 17.4 Å². The molecule has 2 aromatic carbocycles. The molecule has 0 amide bonds. The second kappa shape index (κ2) is 5.05. The Morgan fingerprint density at radius 3 is 2.75 bits per heavy atom. The third-order valence-corrected chi connectivity index (χ3v) is 3.03. The Hall–Kier alpha value is -2.82. The predicted octanol–water partition coefficient (Wildman–Crippen LogP) is 2.59. The van der Waals surface area contributed by atoms with E-state index in [9.17, 15) is 4.79 Å². The van der Waals surface area contributed by atoms with Crippen molar-refractivity contribution in [3.63, 3.8) is 0 Å². The molecule has 0 unspecified atom stereocenters. The van der Waals surface area contributed by atoms with Crippen molar-refractivity contribution in [2.75, 3.05) is 12.0 Å². The number of para-hydroxylation sites is 2. The lowest BCUT2D eigenvalue weighted by Crippen LogP contribution is -2.08. The molecule has 1 heterocycles. The van der Waals surface area contributed by atoms with Crippen molar-refractivity contribution in [3.8, 4) is 5.75 Å². The normalized spacial score (nSPS) is 14.7. The molecule has 0 spiro atoms. The summed E-state index contributed by atoms with van der Waals surface area (Å²) < 4.78 is 5.49. The second-order valence-electron chi connectivity index (χ2n) is 4.31. The number of ether oxygens (including phenoxy) is 1. The van der Waals surface area contributed by atoms with Crippen LogP contribution in [-0.2, 0) is 0 Å². The SMILES string of the molecule is O=C(O)c1ccccc1N/N=C1\COc2ccccc21. The Morgan fingerprint density at radius 1 is 1.15 bits per heavy atom. The van der Waals surface area contributed by atoms with Gasteiger partial charge in [-0.25, -0.2) is 4.79 Å². The van der Waals surface area contributed by atoms with Crippen LogP contribution in [-0.4, -0.2) is 23.4 Å². The van der Waals surface area contributed by atoms with Gasteiger partial charge in [0.25, 0.3) is 0 Å². The maximum Gasteiger partial charge on any atom is 0.337 e. The number of carboxylic acid groups (broad SMARTS) is 1. The minimum absolute atomic E-state index is 0.184. The lowest BCUT2D eigenvalue weighted by molar-refractivity contribution is 0.0698. The van der Waals surface area contributed by atoms with E-state index in [4.69, 9.17) is 9.84 Å². The van der Waals surface area contributed by atoms with Crippen molar-refractivity contribution in [1.82, 2.24) is 0 Å². The number of benzene rings is 2. The van der Waals surface area contributed by atoms with Gasteiger partial charge in [0.15, 0.2) is 0 Å². The summed E-state index contributed by atoms with van der Waals surface area (Å²) in [7, 11) is 0. The first kappa shape index (κ1) is 12.2. The van der Waals surface area contributed by atoms with E-state index in [0.717, 1.165) is 17.0 Å². The Morgan fingerprint density at radius 2 is 1.90 bits per heavy atom. The molecule has 0 saturated heterocycles. The summed E-state index contributed by atoms with van der Waals surface area (Å²) in [6.45, 7) is 0.377. The number of nitrogens with one attached hydrogen (secondary N) is 1. The second-order valence-corrected chi connectivity index (χ2v) is 4.31. The minimum Gasteiger partial charge on any atom is -0.487 e. The van der Waals surface area contributed by atoms with Crippen LogP contribution in [0.25, 0.3) is 0 Å². The molecule has 1 aliphatic heterocycles. The molecule has 0 aromatic heterocycles. The number of hydrogen-bond donors (Lipinski definition) is 2. The first-order valence-corrected chi connectivity index (χ1v) is 6.13. The third kappa shape index (κ3) is 2.21. The van der Waals surface area contributed by atoms with Crippen LogP contribution in [0, 0.1) is 0 Å². The van der Waals surface area contributed by atoms with Crippen LogP contribution < -0.4 is 10.2 Å². The van der Waals surface area contributed by atoms with E-state index < -0.39 is 5.97 Å². The molecule has 5 nitrogen and oxygen atoms in total. The summed E-state index contributed by atoms with van der Waals surface area (Å²) in [4.78, 5) is 11.1. The number of hydrazone groups is 1. The lowest BCUT2D eigenvalue weighted by Gasteiger charge is -2.05. The highest BCUT2D eigenvalue weighted by Gasteiger charge is 2.18. The standard InChI is InChI=1S/C15H12N2O3/c18-15(19)11-6-1-3-7-12(11)16-17-13-9-20-14-8-4-2-5-10(13)14/h1-8,16H,9H2,(H,18,19)/b17-13+. The molecule has 0 radical (unpaired) electrons. The van der Waals surface area contributed by atoms with Gasteiger partial charge in [-0.1, -0.05) is 24.3 Å². The van der Waals surface area contributed by atoms with E-state index in [0.29, 0.717) is 12.3 Å². The molecule has 0 saturated carbocycles. The van der Waals surface area contributed by atoms with Crippen LogP contribution in [0.1, 0.15) is 15.9 Å². The molecule has 100 valence electrons. The van der Waals surface area contributed by atoms with Crippen LogP contribution in [0.3, 0.4) is 0 Å². The fourth-order valence-electron chi connectivity index (χ4n) is 2.04. The number of carboxylic acids is 1. The van der Waals surface area contributed by atoms with Crippen LogP contribution in [0.15, 0.2) is 53.6 Å². The highest BCUT2D eigenvalue weighted by Crippen LogP contribution is 2.25. The summed E-state index contributed by atoms with van der Waals surface area (Å²) in [6.07, 6.45) is 0. The van der Waals surface area contributed by atoms with Gasteiger partial charge in [-0.3, -0.25) is 5.43 Å². The Balaban J connectivity index is 1.88. The molecular formula is C15H12N2O3. The van der Waals surface area contributed by atoms with Crippen molar-refractivity contribution < 1.29 is 14.6 Å². The highest BCUT2D eigenvalue weighted by molar-refractivity contribution is 6.06. The zero-order chi connectivity index (χ0) is 13.9. The predicted molar refractivity (Wildman–Crippen MR) is 75.5 cm³/mol. The van der Waals surface area contributed by atoms with Crippen LogP contribution in [0.4, 0.5) is 5.69 Å². The van der Waals surface area contributed by atoms with Crippen molar-refractivity contribution in [2.45, 2.75) is 0 Å². The Labute approximate surface area is 115 Å². The molecule has 1 aliphatic rings. The Bertz CT molecular complexity index is 695. The topological polar surface area (TPSA) is 70.9 Å². The molecule has 0 fully saturated rings. The van der Waals surface area contributed by atoms with E-state index in [1.807, 2.05) is 24.3 Å². The smallest absolute Gasteiger partial charge is 0.337 e. The number of rotatable bonds is 3. The number of carbonyl (C=O) groups is 1. The molecule has 3 rings (SSSR count). The average Bonchev–Trinajstić information content (AvgIpc) is 2.88. The monoisotopic (exact) mass is 268 g/mol. The van der Waals surface area contributed by atoms with Gasteiger partial charge >= 0.3 is 5.97 Å². The summed E-state index contributed by atoms with van der Waals surface area (Å²) in [5.74, 6) is -0.198. The van der Waals surface area contributed by atoms with Crippen LogP contribution in [0.5, 0.6) is 5.75 Å². The zero-order valence-corrected chi connectivity index (χ0v) is 10.5. The first-order valence-electron chi connectivity index (χ1n) is 6.13. The fourth-order valence-corrected chi connectivity index (χ4v) is 2.04. The van der Waals surface area contributed by atoms with E-state index in [1.165, 1.54) is 6.07 Å². The summed E-state index contributed by atoms with van der Waals surface area (Å²) >= 11 is 0. The zero-order valence-electron chi connectivity index (χ0n) is 10.5. The van der Waals surface area contributed by atoms with Crippen molar-refractivity contribution in [1.29, 1.82) is 0 Å². The van der Waals surface area contributed by atoms with Crippen LogP contribution in [0.2, 0.25) is 0 Å². The molecule has 0 bridgehead atoms. The van der Waals surface area contributed by atoms with Gasteiger partial charge in [0.1, 0.15) is 18.1 Å². The van der Waals surface area contributed by atoms with E-state index in [2.05, 4.69) is 10.5 Å². The minimum atomic E-state index is -0.989. The van der Waals surface area contributed by atoms with Gasteiger partial charge in [-0.2, -0.15) is 5.10 Å². The van der Waals surface area contributed by atoms with Gasteiger partial charge in [0, 0.05) is 5.56 Å². The van der Waals surface area contributed by atoms with Gasteiger partial charge in [0.2, 0.25) is 0 Å². The maximum atomic E-state index is 11.1. The highest BCUT2D eigenvalue weighted by atomic mass is 16.5. The maximum absolute atomic E-state index is 11.1. The van der Waals surface area contributed by atoms with E-state index in [1.54, 1.807) is 18.2 Å². The molecule has 2 N–H and O–H groups in total. The van der Waals surface area contributed by atoms with E-state index >= 15 is 0 Å². The molecule has 0 aliphatic carbocycles. The molecule has 5 heteroatoms. The molecule has 20 heavy (non-hydrogen) atoms. The molecule has 0 atom stereocenters. The third-order valence-electron chi connectivity index (χ3n) is 3.03. The van der Waals surface area contributed by atoms with Crippen molar-refractivity contribution in [2.24, 2.45) is 5.10 Å². The number of nitrogens with zero attached hydrogens (tertiary/aromatic N) is 1. The summed E-state index contributed by atoms with van der Waals surface area (Å²) in [5, 5.41) is 13.4. The number of aromatic carboxylic acids is 1. The van der Waals surface area contributed by atoms with Gasteiger partial charge in [-0.05, 0) is 24.3 Å². The number of fused-ring (bicyclic) bond motifs is 1. The molecular weight excluding hydrogens is 256 g/mol. The molecule has 2 aromatic rings.